The van der Waals surface area contributed by atoms with E-state index < -0.39 is 0 Å². The van der Waals surface area contributed by atoms with Crippen molar-refractivity contribution < 1.29 is 0 Å². The topological polar surface area (TPSA) is 15.3 Å². The van der Waals surface area contributed by atoms with Crippen LogP contribution in [0.1, 0.15) is 59.3 Å². The molecule has 2 nitrogen and oxygen atoms in total. The third-order valence-corrected chi connectivity index (χ3v) is 5.72. The van der Waals surface area contributed by atoms with Crippen molar-refractivity contribution in [2.75, 3.05) is 13.1 Å². The van der Waals surface area contributed by atoms with Gasteiger partial charge in [0.2, 0.25) is 0 Å². The first-order valence-electron chi connectivity index (χ1n) is 8.10. The van der Waals surface area contributed by atoms with Gasteiger partial charge in [-0.05, 0) is 44.4 Å². The van der Waals surface area contributed by atoms with Gasteiger partial charge in [-0.15, -0.1) is 0 Å². The molecule has 18 heavy (non-hydrogen) atoms. The highest BCUT2D eigenvalue weighted by atomic mass is 15.3. The van der Waals surface area contributed by atoms with Gasteiger partial charge in [0.25, 0.3) is 0 Å². The van der Waals surface area contributed by atoms with E-state index in [0.29, 0.717) is 5.54 Å². The quantitative estimate of drug-likeness (QED) is 0.828. The fraction of sp³-hybridized carbons (Fsp3) is 1.00. The van der Waals surface area contributed by atoms with Gasteiger partial charge in [-0.25, -0.2) is 0 Å². The lowest BCUT2D eigenvalue weighted by atomic mass is 9.88. The minimum Gasteiger partial charge on any atom is -0.311 e. The Balaban J connectivity index is 1.75. The Morgan fingerprint density at radius 2 is 1.83 bits per heavy atom. The average molecular weight is 250 g/mol. The van der Waals surface area contributed by atoms with Crippen molar-refractivity contribution in [2.24, 2.45) is 11.8 Å². The minimum atomic E-state index is 0.504. The smallest absolute Gasteiger partial charge is 0.0249 e. The van der Waals surface area contributed by atoms with E-state index in [-0.39, 0.29) is 0 Å². The molecule has 0 bridgehead atoms. The monoisotopic (exact) mass is 250 g/mol. The van der Waals surface area contributed by atoms with Crippen LogP contribution in [0.3, 0.4) is 0 Å². The molecule has 104 valence electrons. The van der Waals surface area contributed by atoms with Gasteiger partial charge >= 0.3 is 0 Å². The Morgan fingerprint density at radius 1 is 1.17 bits per heavy atom. The van der Waals surface area contributed by atoms with Crippen molar-refractivity contribution in [2.45, 2.75) is 76.9 Å². The zero-order valence-electron chi connectivity index (χ0n) is 12.4. The molecule has 0 amide bonds. The van der Waals surface area contributed by atoms with Gasteiger partial charge in [-0.2, -0.15) is 0 Å². The lowest BCUT2D eigenvalue weighted by Crippen LogP contribution is -2.64. The summed E-state index contributed by atoms with van der Waals surface area (Å²) in [6.45, 7) is 9.85. The van der Waals surface area contributed by atoms with Gasteiger partial charge in [-0.3, -0.25) is 4.90 Å². The molecule has 1 saturated heterocycles. The summed E-state index contributed by atoms with van der Waals surface area (Å²) in [5.41, 5.74) is 0.504. The van der Waals surface area contributed by atoms with Crippen LogP contribution in [0.15, 0.2) is 0 Å². The van der Waals surface area contributed by atoms with Crippen LogP contribution in [0.4, 0.5) is 0 Å². The largest absolute Gasteiger partial charge is 0.311 e. The van der Waals surface area contributed by atoms with E-state index in [1.807, 2.05) is 0 Å². The second-order valence-electron chi connectivity index (χ2n) is 7.52. The summed E-state index contributed by atoms with van der Waals surface area (Å²) < 4.78 is 0. The van der Waals surface area contributed by atoms with E-state index in [1.165, 1.54) is 51.6 Å². The van der Waals surface area contributed by atoms with E-state index in [9.17, 15) is 0 Å². The van der Waals surface area contributed by atoms with Crippen molar-refractivity contribution >= 4 is 0 Å². The van der Waals surface area contributed by atoms with E-state index in [4.69, 9.17) is 0 Å². The summed E-state index contributed by atoms with van der Waals surface area (Å²) in [4.78, 5) is 2.91. The molecule has 0 spiro atoms. The molecule has 3 fully saturated rings. The molecule has 0 radical (unpaired) electrons. The van der Waals surface area contributed by atoms with E-state index in [1.54, 1.807) is 0 Å². The molecule has 0 aromatic carbocycles. The van der Waals surface area contributed by atoms with Gasteiger partial charge in [0.05, 0.1) is 0 Å². The maximum absolute atomic E-state index is 3.84. The van der Waals surface area contributed by atoms with E-state index in [0.717, 1.165) is 23.9 Å². The Morgan fingerprint density at radius 3 is 2.39 bits per heavy atom. The molecule has 3 aliphatic rings. The molecule has 2 aliphatic carbocycles. The van der Waals surface area contributed by atoms with Gasteiger partial charge in [0, 0.05) is 30.7 Å². The molecule has 1 N–H and O–H groups in total. The van der Waals surface area contributed by atoms with Gasteiger partial charge in [0.1, 0.15) is 0 Å². The van der Waals surface area contributed by atoms with Crippen LogP contribution in [-0.2, 0) is 0 Å². The molecule has 3 rings (SSSR count). The Labute approximate surface area is 113 Å². The minimum absolute atomic E-state index is 0.504. The molecule has 2 saturated carbocycles. The maximum Gasteiger partial charge on any atom is 0.0249 e. The van der Waals surface area contributed by atoms with Crippen LogP contribution in [0, 0.1) is 11.8 Å². The first kappa shape index (κ1) is 12.9. The predicted octanol–water partition coefficient (Wildman–Crippen LogP) is 3.03. The van der Waals surface area contributed by atoms with E-state index >= 15 is 0 Å². The molecular formula is C16H30N2. The summed E-state index contributed by atoms with van der Waals surface area (Å²) in [5, 5.41) is 3.84. The van der Waals surface area contributed by atoms with Gasteiger partial charge in [0.15, 0.2) is 0 Å². The van der Waals surface area contributed by atoms with Crippen molar-refractivity contribution in [1.29, 1.82) is 0 Å². The standard InChI is InChI=1S/C16H30N2/c1-12(2)15-10-17-14(13-6-7-13)11-18(15)16(3)8-4-5-9-16/h12-15,17H,4-11H2,1-3H3. The molecule has 2 atom stereocenters. The van der Waals surface area contributed by atoms with Crippen LogP contribution in [0.2, 0.25) is 0 Å². The Hall–Kier alpha value is -0.0800. The highest BCUT2D eigenvalue weighted by Crippen LogP contribution is 2.41. The molecule has 2 unspecified atom stereocenters. The number of rotatable bonds is 3. The number of hydrogen-bond donors (Lipinski definition) is 1. The molecule has 0 aromatic heterocycles. The lowest BCUT2D eigenvalue weighted by molar-refractivity contribution is 0.000236. The van der Waals surface area contributed by atoms with E-state index in [2.05, 4.69) is 31.0 Å². The summed E-state index contributed by atoms with van der Waals surface area (Å²) in [7, 11) is 0. The second-order valence-corrected chi connectivity index (χ2v) is 7.52. The zero-order chi connectivity index (χ0) is 12.8. The van der Waals surface area contributed by atoms with Crippen LogP contribution >= 0.6 is 0 Å². The number of piperazine rings is 1. The van der Waals surface area contributed by atoms with Crippen molar-refractivity contribution in [1.82, 2.24) is 10.2 Å². The third kappa shape index (κ3) is 2.34. The summed E-state index contributed by atoms with van der Waals surface area (Å²) >= 11 is 0. The van der Waals surface area contributed by atoms with Crippen molar-refractivity contribution in [3.63, 3.8) is 0 Å². The number of nitrogens with zero attached hydrogens (tertiary/aromatic N) is 1. The van der Waals surface area contributed by atoms with Crippen LogP contribution < -0.4 is 5.32 Å². The predicted molar refractivity (Wildman–Crippen MR) is 76.7 cm³/mol. The van der Waals surface area contributed by atoms with Crippen LogP contribution in [0.5, 0.6) is 0 Å². The van der Waals surface area contributed by atoms with Crippen molar-refractivity contribution in [3.8, 4) is 0 Å². The first-order valence-corrected chi connectivity index (χ1v) is 8.10. The zero-order valence-corrected chi connectivity index (χ0v) is 12.4. The fourth-order valence-corrected chi connectivity index (χ4v) is 4.25. The Bertz CT molecular complexity index is 289. The maximum atomic E-state index is 3.84. The van der Waals surface area contributed by atoms with Gasteiger partial charge in [-0.1, -0.05) is 26.7 Å². The lowest BCUT2D eigenvalue weighted by Gasteiger charge is -2.51. The highest BCUT2D eigenvalue weighted by molar-refractivity contribution is 5.02. The fourth-order valence-electron chi connectivity index (χ4n) is 4.25. The second kappa shape index (κ2) is 4.79. The summed E-state index contributed by atoms with van der Waals surface area (Å²) in [6, 6.07) is 1.54. The van der Waals surface area contributed by atoms with Crippen molar-refractivity contribution in [3.05, 3.63) is 0 Å². The van der Waals surface area contributed by atoms with Gasteiger partial charge < -0.3 is 5.32 Å². The third-order valence-electron chi connectivity index (χ3n) is 5.72. The number of hydrogen-bond acceptors (Lipinski definition) is 2. The average Bonchev–Trinajstić information content (AvgIpc) is 3.11. The highest BCUT2D eigenvalue weighted by Gasteiger charge is 2.45. The number of nitrogens with one attached hydrogen (secondary N) is 1. The normalized spacial score (nSPS) is 37.3. The SMILES string of the molecule is CC(C)C1CNC(C2CC2)CN1C1(C)CCCC1. The molecule has 1 heterocycles. The van der Waals surface area contributed by atoms with Crippen LogP contribution in [-0.4, -0.2) is 35.6 Å². The molecular weight excluding hydrogens is 220 g/mol. The molecule has 2 heteroatoms. The summed E-state index contributed by atoms with van der Waals surface area (Å²) in [6.07, 6.45) is 8.67. The molecule has 1 aliphatic heterocycles. The molecule has 0 aromatic rings. The first-order chi connectivity index (χ1) is 8.60. The summed E-state index contributed by atoms with van der Waals surface area (Å²) in [5.74, 6) is 1.76. The van der Waals surface area contributed by atoms with Crippen LogP contribution in [0.25, 0.3) is 0 Å². The Kier molecular flexibility index (Phi) is 3.44.